The van der Waals surface area contributed by atoms with Gasteiger partial charge in [-0.1, -0.05) is 6.42 Å². The molecule has 21 heavy (non-hydrogen) atoms. The molecule has 1 amide bonds. The Labute approximate surface area is 134 Å². The highest BCUT2D eigenvalue weighted by atomic mass is 32.2. The van der Waals surface area contributed by atoms with Crippen LogP contribution in [-0.2, 0) is 11.3 Å². The molecular formula is C14H24N4OS2. The quantitative estimate of drug-likeness (QED) is 0.802. The number of aromatic nitrogens is 1. The molecule has 0 bridgehead atoms. The summed E-state index contributed by atoms with van der Waals surface area (Å²) in [6.45, 7) is 3.18. The Kier molecular flexibility index (Phi) is 6.95. The fourth-order valence-corrected chi connectivity index (χ4v) is 3.55. The van der Waals surface area contributed by atoms with Crippen molar-refractivity contribution >= 4 is 34.1 Å². The van der Waals surface area contributed by atoms with Crippen LogP contribution in [0.1, 0.15) is 31.4 Å². The van der Waals surface area contributed by atoms with Crippen LogP contribution in [0.5, 0.6) is 0 Å². The van der Waals surface area contributed by atoms with Gasteiger partial charge in [0.2, 0.25) is 5.91 Å². The molecule has 0 aliphatic carbocycles. The first kappa shape index (κ1) is 16.7. The summed E-state index contributed by atoms with van der Waals surface area (Å²) in [5, 5.41) is 5.51. The van der Waals surface area contributed by atoms with Crippen LogP contribution < -0.4 is 11.1 Å². The van der Waals surface area contributed by atoms with Gasteiger partial charge < -0.3 is 11.1 Å². The fourth-order valence-electron chi connectivity index (χ4n) is 2.36. The van der Waals surface area contributed by atoms with Crippen molar-refractivity contribution in [3.05, 3.63) is 11.1 Å². The molecule has 1 saturated heterocycles. The predicted octanol–water partition coefficient (Wildman–Crippen LogP) is 2.15. The summed E-state index contributed by atoms with van der Waals surface area (Å²) < 4.78 is 0. The number of nitrogens with one attached hydrogen (secondary N) is 1. The maximum Gasteiger partial charge on any atom is 0.243 e. The lowest BCUT2D eigenvalue weighted by Gasteiger charge is -2.25. The summed E-state index contributed by atoms with van der Waals surface area (Å²) in [5.74, 6) is 0.759. The first-order valence-electron chi connectivity index (χ1n) is 7.41. The van der Waals surface area contributed by atoms with E-state index in [1.165, 1.54) is 30.6 Å². The van der Waals surface area contributed by atoms with Crippen molar-refractivity contribution in [3.63, 3.8) is 0 Å². The van der Waals surface area contributed by atoms with Crippen molar-refractivity contribution in [2.24, 2.45) is 5.73 Å². The van der Waals surface area contributed by atoms with Gasteiger partial charge in [-0.3, -0.25) is 9.69 Å². The Morgan fingerprint density at radius 1 is 1.52 bits per heavy atom. The van der Waals surface area contributed by atoms with E-state index in [-0.39, 0.29) is 5.91 Å². The number of nitrogens with two attached hydrogens (primary N) is 1. The summed E-state index contributed by atoms with van der Waals surface area (Å²) in [5.41, 5.74) is 6.89. The molecule has 118 valence electrons. The van der Waals surface area contributed by atoms with Crippen molar-refractivity contribution in [1.29, 1.82) is 0 Å². The topological polar surface area (TPSA) is 71.2 Å². The molecule has 2 rings (SSSR count). The molecular weight excluding hydrogens is 304 g/mol. The van der Waals surface area contributed by atoms with Crippen LogP contribution in [0.25, 0.3) is 0 Å². The van der Waals surface area contributed by atoms with E-state index in [9.17, 15) is 4.79 Å². The third-order valence-electron chi connectivity index (χ3n) is 3.59. The number of anilines is 1. The second-order valence-corrected chi connectivity index (χ2v) is 7.20. The maximum atomic E-state index is 11.9. The SMILES string of the molecule is CSCCC(N)C(=O)Nc1nc(CN2CCCCC2)cs1. The predicted molar refractivity (Wildman–Crippen MR) is 90.8 cm³/mol. The Hall–Kier alpha value is -0.630. The average Bonchev–Trinajstić information content (AvgIpc) is 2.92. The zero-order valence-corrected chi connectivity index (χ0v) is 14.1. The van der Waals surface area contributed by atoms with E-state index in [0.29, 0.717) is 11.6 Å². The summed E-state index contributed by atoms with van der Waals surface area (Å²) in [6, 6.07) is -0.452. The van der Waals surface area contributed by atoms with Crippen LogP contribution in [0.15, 0.2) is 5.38 Å². The minimum atomic E-state index is -0.452. The molecule has 1 aliphatic rings. The molecule has 1 unspecified atom stereocenters. The lowest BCUT2D eigenvalue weighted by molar-refractivity contribution is -0.117. The van der Waals surface area contributed by atoms with Gasteiger partial charge in [0.1, 0.15) is 0 Å². The number of carbonyl (C=O) groups is 1. The Morgan fingerprint density at radius 2 is 2.29 bits per heavy atom. The van der Waals surface area contributed by atoms with Crippen molar-refractivity contribution in [2.45, 2.75) is 38.3 Å². The van der Waals surface area contributed by atoms with Gasteiger partial charge in [0, 0.05) is 11.9 Å². The smallest absolute Gasteiger partial charge is 0.243 e. The van der Waals surface area contributed by atoms with E-state index in [1.54, 1.807) is 11.8 Å². The normalized spacial score (nSPS) is 17.6. The minimum Gasteiger partial charge on any atom is -0.320 e. The van der Waals surface area contributed by atoms with E-state index >= 15 is 0 Å². The lowest BCUT2D eigenvalue weighted by Crippen LogP contribution is -2.36. The summed E-state index contributed by atoms with van der Waals surface area (Å²) in [4.78, 5) is 18.8. The second kappa shape index (κ2) is 8.73. The number of likely N-dealkylation sites (tertiary alicyclic amines) is 1. The largest absolute Gasteiger partial charge is 0.320 e. The monoisotopic (exact) mass is 328 g/mol. The lowest BCUT2D eigenvalue weighted by atomic mass is 10.1. The van der Waals surface area contributed by atoms with Gasteiger partial charge in [-0.05, 0) is 44.4 Å². The van der Waals surface area contributed by atoms with E-state index in [1.807, 2.05) is 11.6 Å². The van der Waals surface area contributed by atoms with Crippen LogP contribution >= 0.6 is 23.1 Å². The van der Waals surface area contributed by atoms with Gasteiger partial charge in [-0.15, -0.1) is 11.3 Å². The molecule has 0 radical (unpaired) electrons. The summed E-state index contributed by atoms with van der Waals surface area (Å²) in [6.07, 6.45) is 6.59. The average molecular weight is 329 g/mol. The molecule has 0 aromatic carbocycles. The number of thiazole rings is 1. The van der Waals surface area contributed by atoms with Crippen LogP contribution in [0.2, 0.25) is 0 Å². The molecule has 1 atom stereocenters. The maximum absolute atomic E-state index is 11.9. The highest BCUT2D eigenvalue weighted by Crippen LogP contribution is 2.19. The minimum absolute atomic E-state index is 0.136. The van der Waals surface area contributed by atoms with Gasteiger partial charge >= 0.3 is 0 Å². The molecule has 3 N–H and O–H groups in total. The standard InChI is InChI=1S/C14H24N4OS2/c1-20-8-5-12(15)13(19)17-14-16-11(10-21-14)9-18-6-3-2-4-7-18/h10,12H,2-9,15H2,1H3,(H,16,17,19). The molecule has 0 saturated carbocycles. The van der Waals surface area contributed by atoms with Crippen molar-refractivity contribution in [2.75, 3.05) is 30.4 Å². The van der Waals surface area contributed by atoms with Gasteiger partial charge in [-0.2, -0.15) is 11.8 Å². The van der Waals surface area contributed by atoms with Crippen LogP contribution in [0, 0.1) is 0 Å². The molecule has 1 aromatic rings. The van der Waals surface area contributed by atoms with E-state index in [2.05, 4.69) is 15.2 Å². The van der Waals surface area contributed by atoms with Crippen molar-refractivity contribution in [1.82, 2.24) is 9.88 Å². The van der Waals surface area contributed by atoms with Crippen molar-refractivity contribution < 1.29 is 4.79 Å². The van der Waals surface area contributed by atoms with E-state index in [0.717, 1.165) is 31.1 Å². The number of thioether (sulfide) groups is 1. The third kappa shape index (κ3) is 5.58. The number of hydrogen-bond acceptors (Lipinski definition) is 6. The number of piperidine rings is 1. The zero-order valence-electron chi connectivity index (χ0n) is 12.5. The van der Waals surface area contributed by atoms with Crippen LogP contribution in [0.3, 0.4) is 0 Å². The van der Waals surface area contributed by atoms with Crippen LogP contribution in [0.4, 0.5) is 5.13 Å². The molecule has 7 heteroatoms. The van der Waals surface area contributed by atoms with Gasteiger partial charge in [0.05, 0.1) is 11.7 Å². The first-order chi connectivity index (χ1) is 10.2. The van der Waals surface area contributed by atoms with E-state index in [4.69, 9.17) is 5.73 Å². The number of amides is 1. The van der Waals surface area contributed by atoms with Gasteiger partial charge in [-0.25, -0.2) is 4.98 Å². The Balaban J connectivity index is 1.80. The highest BCUT2D eigenvalue weighted by Gasteiger charge is 2.16. The molecule has 2 heterocycles. The highest BCUT2D eigenvalue weighted by molar-refractivity contribution is 7.98. The van der Waals surface area contributed by atoms with Gasteiger partial charge in [0.15, 0.2) is 5.13 Å². The number of hydrogen-bond donors (Lipinski definition) is 2. The van der Waals surface area contributed by atoms with E-state index < -0.39 is 6.04 Å². The first-order valence-corrected chi connectivity index (χ1v) is 9.68. The molecule has 1 fully saturated rings. The fraction of sp³-hybridized carbons (Fsp3) is 0.714. The number of nitrogens with zero attached hydrogens (tertiary/aromatic N) is 2. The number of carbonyl (C=O) groups excluding carboxylic acids is 1. The second-order valence-electron chi connectivity index (χ2n) is 5.36. The molecule has 0 spiro atoms. The van der Waals surface area contributed by atoms with Crippen LogP contribution in [-0.4, -0.2) is 46.9 Å². The van der Waals surface area contributed by atoms with Crippen molar-refractivity contribution in [3.8, 4) is 0 Å². The summed E-state index contributed by atoms with van der Waals surface area (Å²) >= 11 is 3.18. The number of rotatable bonds is 7. The molecule has 1 aromatic heterocycles. The Bertz CT molecular complexity index is 446. The zero-order chi connectivity index (χ0) is 15.1. The third-order valence-corrected chi connectivity index (χ3v) is 5.04. The van der Waals surface area contributed by atoms with Gasteiger partial charge in [0.25, 0.3) is 0 Å². The molecule has 1 aliphatic heterocycles. The Morgan fingerprint density at radius 3 is 3.00 bits per heavy atom. The molecule has 5 nitrogen and oxygen atoms in total. The summed E-state index contributed by atoms with van der Waals surface area (Å²) in [7, 11) is 0.